The minimum absolute atomic E-state index is 0.0824. The number of ether oxygens (including phenoxy) is 2. The molecule has 0 aromatic carbocycles. The number of carbonyl (C=O) groups excluding carboxylic acids is 1. The van der Waals surface area contributed by atoms with Crippen LogP contribution in [0.15, 0.2) is 11.6 Å². The third-order valence-corrected chi connectivity index (χ3v) is 6.50. The highest BCUT2D eigenvalue weighted by Crippen LogP contribution is 2.64. The Bertz CT molecular complexity index is 523. The Balaban J connectivity index is 1.73. The molecule has 2 bridgehead atoms. The van der Waals surface area contributed by atoms with Gasteiger partial charge in [-0.2, -0.15) is 0 Å². The zero-order chi connectivity index (χ0) is 15.6. The highest BCUT2D eigenvalue weighted by Gasteiger charge is 2.65. The second-order valence-electron chi connectivity index (χ2n) is 8.96. The van der Waals surface area contributed by atoms with E-state index >= 15 is 0 Å². The van der Waals surface area contributed by atoms with Gasteiger partial charge in [0.2, 0.25) is 0 Å². The van der Waals surface area contributed by atoms with Gasteiger partial charge in [0.15, 0.2) is 11.6 Å². The van der Waals surface area contributed by atoms with Gasteiger partial charge in [-0.15, -0.1) is 0 Å². The van der Waals surface area contributed by atoms with Gasteiger partial charge in [0, 0.05) is 23.7 Å². The average molecular weight is 304 g/mol. The van der Waals surface area contributed by atoms with Crippen molar-refractivity contribution in [2.45, 2.75) is 65.1 Å². The standard InChI is InChI=1S/C19H28O3/c1-13-9-15(20)14-5-4-6-18(10-13)7-8-19(16(14)18)21-11-17(2,3)12-22-19/h9,14,16H,4-8,10-12H2,1-3H3/t14-,16-,18-/m0/s1. The van der Waals surface area contributed by atoms with Crippen molar-refractivity contribution >= 4 is 5.78 Å². The lowest BCUT2D eigenvalue weighted by atomic mass is 9.60. The van der Waals surface area contributed by atoms with Crippen LogP contribution >= 0.6 is 0 Å². The van der Waals surface area contributed by atoms with Crippen molar-refractivity contribution in [1.29, 1.82) is 0 Å². The van der Waals surface area contributed by atoms with Crippen molar-refractivity contribution in [1.82, 2.24) is 0 Å². The van der Waals surface area contributed by atoms with Gasteiger partial charge >= 0.3 is 0 Å². The Morgan fingerprint density at radius 2 is 1.86 bits per heavy atom. The van der Waals surface area contributed by atoms with Crippen molar-refractivity contribution in [3.05, 3.63) is 11.6 Å². The average Bonchev–Trinajstić information content (AvgIpc) is 2.74. The first-order chi connectivity index (χ1) is 10.4. The summed E-state index contributed by atoms with van der Waals surface area (Å²) >= 11 is 0. The first kappa shape index (κ1) is 14.9. The summed E-state index contributed by atoms with van der Waals surface area (Å²) in [7, 11) is 0. The summed E-state index contributed by atoms with van der Waals surface area (Å²) in [4.78, 5) is 12.7. The van der Waals surface area contributed by atoms with E-state index in [2.05, 4.69) is 20.8 Å². The van der Waals surface area contributed by atoms with Gasteiger partial charge in [-0.25, -0.2) is 0 Å². The van der Waals surface area contributed by atoms with Crippen LogP contribution in [-0.2, 0) is 14.3 Å². The van der Waals surface area contributed by atoms with Gasteiger partial charge < -0.3 is 9.47 Å². The number of allylic oxidation sites excluding steroid dienone is 2. The number of rotatable bonds is 0. The molecule has 0 amide bonds. The van der Waals surface area contributed by atoms with Gasteiger partial charge in [-0.05, 0) is 44.1 Å². The van der Waals surface area contributed by atoms with Crippen molar-refractivity contribution in [3.8, 4) is 0 Å². The van der Waals surface area contributed by atoms with Crippen LogP contribution < -0.4 is 0 Å². The SMILES string of the molecule is CC1=CC(=O)[C@@H]2CCC[C@]3(CCC4(OCC(C)(C)CO4)[C@@H]23)C1. The van der Waals surface area contributed by atoms with Gasteiger partial charge in [0.05, 0.1) is 13.2 Å². The predicted octanol–water partition coefficient (Wildman–Crippen LogP) is 3.87. The van der Waals surface area contributed by atoms with Crippen LogP contribution in [0.3, 0.4) is 0 Å². The molecule has 3 heteroatoms. The molecule has 4 aliphatic rings. The van der Waals surface area contributed by atoms with E-state index in [0.717, 1.165) is 38.9 Å². The monoisotopic (exact) mass is 304 g/mol. The Morgan fingerprint density at radius 1 is 1.14 bits per heavy atom. The van der Waals surface area contributed by atoms with Crippen LogP contribution in [0.5, 0.6) is 0 Å². The fourth-order valence-electron chi connectivity index (χ4n) is 5.65. The van der Waals surface area contributed by atoms with Gasteiger partial charge in [0.25, 0.3) is 0 Å². The van der Waals surface area contributed by atoms with Crippen LogP contribution in [0.1, 0.15) is 59.3 Å². The molecule has 3 fully saturated rings. The Morgan fingerprint density at radius 3 is 2.59 bits per heavy atom. The number of carbonyl (C=O) groups is 1. The molecule has 22 heavy (non-hydrogen) atoms. The van der Waals surface area contributed by atoms with E-state index < -0.39 is 5.79 Å². The van der Waals surface area contributed by atoms with Crippen molar-refractivity contribution in [2.24, 2.45) is 22.7 Å². The predicted molar refractivity (Wildman–Crippen MR) is 84.3 cm³/mol. The first-order valence-corrected chi connectivity index (χ1v) is 8.85. The topological polar surface area (TPSA) is 35.5 Å². The summed E-state index contributed by atoms with van der Waals surface area (Å²) in [6.45, 7) is 7.99. The van der Waals surface area contributed by atoms with E-state index in [0.29, 0.717) is 5.78 Å². The molecular formula is C19H28O3. The van der Waals surface area contributed by atoms with Crippen LogP contribution in [0.25, 0.3) is 0 Å². The quantitative estimate of drug-likeness (QED) is 0.681. The molecule has 3 nitrogen and oxygen atoms in total. The summed E-state index contributed by atoms with van der Waals surface area (Å²) < 4.78 is 12.8. The second-order valence-corrected chi connectivity index (χ2v) is 8.96. The molecule has 0 aromatic heterocycles. The highest BCUT2D eigenvalue weighted by atomic mass is 16.7. The highest BCUT2D eigenvalue weighted by molar-refractivity contribution is 5.93. The van der Waals surface area contributed by atoms with Crippen LogP contribution in [0, 0.1) is 22.7 Å². The number of hydrogen-bond acceptors (Lipinski definition) is 3. The molecule has 0 N–H and O–H groups in total. The fourth-order valence-corrected chi connectivity index (χ4v) is 5.65. The molecule has 122 valence electrons. The summed E-state index contributed by atoms with van der Waals surface area (Å²) in [5.74, 6) is 0.192. The molecular weight excluding hydrogens is 276 g/mol. The van der Waals surface area contributed by atoms with E-state index in [1.165, 1.54) is 18.4 Å². The van der Waals surface area contributed by atoms with Gasteiger partial charge in [-0.3, -0.25) is 4.79 Å². The van der Waals surface area contributed by atoms with E-state index in [1.807, 2.05) is 6.08 Å². The van der Waals surface area contributed by atoms with Crippen LogP contribution in [0.4, 0.5) is 0 Å². The lowest BCUT2D eigenvalue weighted by Crippen LogP contribution is -2.56. The molecule has 1 heterocycles. The zero-order valence-corrected chi connectivity index (χ0v) is 14.1. The zero-order valence-electron chi connectivity index (χ0n) is 14.1. The van der Waals surface area contributed by atoms with Crippen molar-refractivity contribution in [2.75, 3.05) is 13.2 Å². The smallest absolute Gasteiger partial charge is 0.172 e. The molecule has 0 radical (unpaired) electrons. The summed E-state index contributed by atoms with van der Waals surface area (Å²) in [5, 5.41) is 0. The molecule has 2 saturated carbocycles. The minimum atomic E-state index is -0.491. The molecule has 4 rings (SSSR count). The molecule has 1 aliphatic heterocycles. The van der Waals surface area contributed by atoms with E-state index in [4.69, 9.17) is 9.47 Å². The summed E-state index contributed by atoms with van der Waals surface area (Å²) in [6.07, 6.45) is 8.49. The third-order valence-electron chi connectivity index (χ3n) is 6.50. The first-order valence-electron chi connectivity index (χ1n) is 8.85. The largest absolute Gasteiger partial charge is 0.349 e. The summed E-state index contributed by atoms with van der Waals surface area (Å²) in [6, 6.07) is 0. The Hall–Kier alpha value is -0.670. The van der Waals surface area contributed by atoms with Gasteiger partial charge in [-0.1, -0.05) is 25.8 Å². The second kappa shape index (κ2) is 4.67. The van der Waals surface area contributed by atoms with E-state index in [-0.39, 0.29) is 22.7 Å². The lowest BCUT2D eigenvalue weighted by molar-refractivity contribution is -0.327. The third kappa shape index (κ3) is 2.05. The maximum atomic E-state index is 12.7. The molecule has 1 spiro atoms. The van der Waals surface area contributed by atoms with E-state index in [1.54, 1.807) is 0 Å². The molecule has 1 saturated heterocycles. The van der Waals surface area contributed by atoms with Crippen molar-refractivity contribution < 1.29 is 14.3 Å². The normalized spacial score (nSPS) is 42.7. The lowest BCUT2D eigenvalue weighted by Gasteiger charge is -2.51. The Kier molecular flexibility index (Phi) is 3.16. The van der Waals surface area contributed by atoms with Crippen LogP contribution in [0.2, 0.25) is 0 Å². The fraction of sp³-hybridized carbons (Fsp3) is 0.842. The summed E-state index contributed by atoms with van der Waals surface area (Å²) in [5.41, 5.74) is 1.57. The molecule has 0 unspecified atom stereocenters. The number of ketones is 1. The minimum Gasteiger partial charge on any atom is -0.349 e. The van der Waals surface area contributed by atoms with Crippen LogP contribution in [-0.4, -0.2) is 24.8 Å². The maximum Gasteiger partial charge on any atom is 0.172 e. The Labute approximate surface area is 133 Å². The van der Waals surface area contributed by atoms with E-state index in [9.17, 15) is 4.79 Å². The molecule has 3 aliphatic carbocycles. The molecule has 0 aromatic rings. The van der Waals surface area contributed by atoms with Crippen molar-refractivity contribution in [3.63, 3.8) is 0 Å². The molecule has 3 atom stereocenters. The van der Waals surface area contributed by atoms with Gasteiger partial charge in [0.1, 0.15) is 0 Å². The maximum absolute atomic E-state index is 12.7. The number of hydrogen-bond donors (Lipinski definition) is 0.